The Kier molecular flexibility index (Phi) is 4.73. The van der Waals surface area contributed by atoms with Gasteiger partial charge in [0.25, 0.3) is 0 Å². The smallest absolute Gasteiger partial charge is 0.227 e. The van der Waals surface area contributed by atoms with E-state index in [0.717, 1.165) is 49.2 Å². The van der Waals surface area contributed by atoms with Gasteiger partial charge in [0.2, 0.25) is 12.1 Å². The number of aromatic hydroxyl groups is 1. The lowest BCUT2D eigenvalue weighted by Crippen LogP contribution is -2.38. The van der Waals surface area contributed by atoms with E-state index in [4.69, 9.17) is 14.7 Å². The summed E-state index contributed by atoms with van der Waals surface area (Å²) in [5.74, 6) is 1.99. The minimum absolute atomic E-state index is 0.248. The number of fused-ring (bicyclic) bond motifs is 1. The third-order valence-corrected chi connectivity index (χ3v) is 5.44. The SMILES string of the molecule is Oc1ccc[n+](Cc2nc(N3CCOCC3)nc3c2CCN3c2ccccc2)c1. The average Bonchev–Trinajstić information content (AvgIpc) is 3.19. The van der Waals surface area contributed by atoms with E-state index in [2.05, 4.69) is 34.1 Å². The molecule has 1 aromatic carbocycles. The molecule has 1 saturated heterocycles. The fraction of sp³-hybridized carbons (Fsp3) is 0.318. The summed E-state index contributed by atoms with van der Waals surface area (Å²) in [6.07, 6.45) is 4.59. The number of pyridine rings is 1. The molecule has 7 heteroatoms. The van der Waals surface area contributed by atoms with Gasteiger partial charge in [-0.25, -0.2) is 4.98 Å². The molecule has 0 unspecified atom stereocenters. The molecule has 0 saturated carbocycles. The van der Waals surface area contributed by atoms with Crippen LogP contribution in [0.4, 0.5) is 17.5 Å². The van der Waals surface area contributed by atoms with Crippen LogP contribution in [0.3, 0.4) is 0 Å². The molecule has 7 nitrogen and oxygen atoms in total. The van der Waals surface area contributed by atoms with Gasteiger partial charge in [-0.1, -0.05) is 18.2 Å². The van der Waals surface area contributed by atoms with Crippen molar-refractivity contribution in [3.8, 4) is 5.75 Å². The lowest BCUT2D eigenvalue weighted by molar-refractivity contribution is -0.689. The van der Waals surface area contributed by atoms with Crippen LogP contribution < -0.4 is 14.4 Å². The van der Waals surface area contributed by atoms with Crippen molar-refractivity contribution in [3.63, 3.8) is 0 Å². The minimum Gasteiger partial charge on any atom is -0.503 e. The predicted molar refractivity (Wildman–Crippen MR) is 110 cm³/mol. The fourth-order valence-corrected chi connectivity index (χ4v) is 3.99. The summed E-state index contributed by atoms with van der Waals surface area (Å²) >= 11 is 0. The van der Waals surface area contributed by atoms with Gasteiger partial charge in [-0.3, -0.25) is 0 Å². The van der Waals surface area contributed by atoms with Gasteiger partial charge in [0.1, 0.15) is 11.5 Å². The molecular formula is C22H24N5O2+. The minimum atomic E-state index is 0.248. The molecule has 5 rings (SSSR count). The number of hydrogen-bond acceptors (Lipinski definition) is 6. The molecule has 0 bridgehead atoms. The van der Waals surface area contributed by atoms with E-state index in [0.29, 0.717) is 19.8 Å². The van der Waals surface area contributed by atoms with E-state index < -0.39 is 0 Å². The van der Waals surface area contributed by atoms with Crippen molar-refractivity contribution in [3.05, 3.63) is 66.1 Å². The molecule has 2 aliphatic heterocycles. The van der Waals surface area contributed by atoms with Crippen molar-refractivity contribution >= 4 is 17.5 Å². The molecule has 0 amide bonds. The summed E-state index contributed by atoms with van der Waals surface area (Å²) in [6, 6.07) is 13.9. The highest BCUT2D eigenvalue weighted by Gasteiger charge is 2.29. The number of para-hydroxylation sites is 1. The molecule has 3 aromatic rings. The van der Waals surface area contributed by atoms with Crippen LogP contribution in [-0.4, -0.2) is 47.9 Å². The molecule has 1 N–H and O–H groups in total. The van der Waals surface area contributed by atoms with Crippen molar-refractivity contribution < 1.29 is 14.4 Å². The molecule has 1 fully saturated rings. The molecule has 0 atom stereocenters. The van der Waals surface area contributed by atoms with Gasteiger partial charge in [-0.2, -0.15) is 9.55 Å². The maximum Gasteiger partial charge on any atom is 0.227 e. The highest BCUT2D eigenvalue weighted by molar-refractivity contribution is 5.68. The number of rotatable bonds is 4. The van der Waals surface area contributed by atoms with Crippen LogP contribution in [0.5, 0.6) is 5.75 Å². The number of morpholine rings is 1. The Morgan fingerprint density at radius 3 is 2.62 bits per heavy atom. The van der Waals surface area contributed by atoms with Crippen molar-refractivity contribution in [2.24, 2.45) is 0 Å². The van der Waals surface area contributed by atoms with Crippen LogP contribution in [-0.2, 0) is 17.7 Å². The van der Waals surface area contributed by atoms with Crippen LogP contribution in [0.15, 0.2) is 54.9 Å². The Hall–Kier alpha value is -3.19. The van der Waals surface area contributed by atoms with Crippen LogP contribution in [0, 0.1) is 0 Å². The topological polar surface area (TPSA) is 65.6 Å². The van der Waals surface area contributed by atoms with Crippen molar-refractivity contribution in [2.75, 3.05) is 42.6 Å². The Labute approximate surface area is 169 Å². The van der Waals surface area contributed by atoms with Crippen LogP contribution in [0.25, 0.3) is 0 Å². The first-order chi connectivity index (χ1) is 14.3. The molecule has 0 spiro atoms. The predicted octanol–water partition coefficient (Wildman–Crippen LogP) is 2.05. The van der Waals surface area contributed by atoms with Gasteiger partial charge >= 0.3 is 0 Å². The van der Waals surface area contributed by atoms with E-state index in [9.17, 15) is 5.11 Å². The van der Waals surface area contributed by atoms with Crippen LogP contribution >= 0.6 is 0 Å². The van der Waals surface area contributed by atoms with E-state index in [1.54, 1.807) is 12.3 Å². The van der Waals surface area contributed by atoms with E-state index >= 15 is 0 Å². The zero-order valence-corrected chi connectivity index (χ0v) is 16.2. The number of hydrogen-bond donors (Lipinski definition) is 1. The second kappa shape index (κ2) is 7.67. The maximum absolute atomic E-state index is 9.85. The zero-order chi connectivity index (χ0) is 19.6. The van der Waals surface area contributed by atoms with Crippen molar-refractivity contribution in [1.82, 2.24) is 9.97 Å². The first-order valence-electron chi connectivity index (χ1n) is 10.0. The summed E-state index contributed by atoms with van der Waals surface area (Å²) in [6.45, 7) is 4.46. The second-order valence-electron chi connectivity index (χ2n) is 7.34. The van der Waals surface area contributed by atoms with Gasteiger partial charge < -0.3 is 19.6 Å². The maximum atomic E-state index is 9.85. The van der Waals surface area contributed by atoms with Gasteiger partial charge in [0, 0.05) is 37.0 Å². The highest BCUT2D eigenvalue weighted by atomic mass is 16.5. The third kappa shape index (κ3) is 3.61. The standard InChI is InChI=1S/C22H23N5O2/c28-18-7-4-9-25(15-18)16-20-19-8-10-27(17-5-2-1-3-6-17)21(19)24-22(23-20)26-11-13-29-14-12-26/h1-7,9,15H,8,10-14,16H2/p+1. The first kappa shape index (κ1) is 17.9. The Morgan fingerprint density at radius 1 is 1.00 bits per heavy atom. The molecule has 0 aliphatic carbocycles. The summed E-state index contributed by atoms with van der Waals surface area (Å²) in [5, 5.41) is 9.85. The molecule has 2 aromatic heterocycles. The Balaban J connectivity index is 1.57. The van der Waals surface area contributed by atoms with E-state index in [-0.39, 0.29) is 5.75 Å². The zero-order valence-electron chi connectivity index (χ0n) is 16.2. The third-order valence-electron chi connectivity index (χ3n) is 5.44. The van der Waals surface area contributed by atoms with Crippen LogP contribution in [0.1, 0.15) is 11.3 Å². The van der Waals surface area contributed by atoms with Gasteiger partial charge in [-0.05, 0) is 24.6 Å². The normalized spacial score (nSPS) is 16.1. The molecule has 29 heavy (non-hydrogen) atoms. The molecular weight excluding hydrogens is 366 g/mol. The Morgan fingerprint density at radius 2 is 1.83 bits per heavy atom. The largest absolute Gasteiger partial charge is 0.503 e. The number of ether oxygens (including phenoxy) is 1. The Bertz CT molecular complexity index is 1010. The summed E-state index contributed by atoms with van der Waals surface area (Å²) in [7, 11) is 0. The number of anilines is 3. The lowest BCUT2D eigenvalue weighted by Gasteiger charge is -2.28. The van der Waals surface area contributed by atoms with Gasteiger partial charge in [0.15, 0.2) is 18.5 Å². The lowest BCUT2D eigenvalue weighted by atomic mass is 10.2. The monoisotopic (exact) mass is 390 g/mol. The van der Waals surface area contributed by atoms with E-state index in [1.165, 1.54) is 5.56 Å². The molecule has 4 heterocycles. The second-order valence-corrected chi connectivity index (χ2v) is 7.34. The van der Waals surface area contributed by atoms with E-state index in [1.807, 2.05) is 22.9 Å². The van der Waals surface area contributed by atoms with Crippen molar-refractivity contribution in [2.45, 2.75) is 13.0 Å². The summed E-state index contributed by atoms with van der Waals surface area (Å²) < 4.78 is 7.47. The number of aromatic nitrogens is 3. The van der Waals surface area contributed by atoms with Gasteiger partial charge in [0.05, 0.1) is 13.2 Å². The molecule has 0 radical (unpaired) electrons. The fourth-order valence-electron chi connectivity index (χ4n) is 3.99. The van der Waals surface area contributed by atoms with Crippen LogP contribution in [0.2, 0.25) is 0 Å². The van der Waals surface area contributed by atoms with Crippen molar-refractivity contribution in [1.29, 1.82) is 0 Å². The summed E-state index contributed by atoms with van der Waals surface area (Å²) in [5.41, 5.74) is 3.33. The quantitative estimate of drug-likeness (QED) is 0.688. The first-order valence-corrected chi connectivity index (χ1v) is 10.0. The highest BCUT2D eigenvalue weighted by Crippen LogP contribution is 2.35. The van der Waals surface area contributed by atoms with Gasteiger partial charge in [-0.15, -0.1) is 0 Å². The number of benzene rings is 1. The molecule has 2 aliphatic rings. The average molecular weight is 390 g/mol. The molecule has 148 valence electrons. The summed E-state index contributed by atoms with van der Waals surface area (Å²) in [4.78, 5) is 14.4. The number of nitrogens with zero attached hydrogens (tertiary/aromatic N) is 5.